The Balaban J connectivity index is 0.000000130. The van der Waals surface area contributed by atoms with Crippen molar-refractivity contribution in [3.63, 3.8) is 0 Å². The fourth-order valence-electron chi connectivity index (χ4n) is 15.1. The standard InChI is InChI=1S/2C19H22N.C18H22N.2C17H20N/c2*1-12-4-5-17(13(2)6-12)19-10-18-15-7-14(8-15)9-16(18)11-20(19)3;1-13-8-9-16(14(2)12-13)18-17-7-5-4-6-15(17)10-11-19(18)3;1-12-7-8-16(13(2)9-12)17-10-14-5-4-6-15(14)11-18(17)3;1-12-7-8-15(13(2)11-12)17-16-6-4-5-14(16)9-10-18(17)3/h2*4-6,10-11,14-15H,7-9H2,1-3H3;8-12H,4-7H2,1-3H3;2*7-11H,4-6H2,1-3H3/q5*+1/i1D3,9D2,15D;;1D3,6D2,7D2;1D3,5D2;1D3,5D2,6D2. The molecular formula is C90H106N5+5. The maximum atomic E-state index is 8.70. The van der Waals surface area contributed by atoms with Crippen LogP contribution in [-0.4, -0.2) is 0 Å². The van der Waals surface area contributed by atoms with Crippen LogP contribution in [0.4, 0.5) is 0 Å². The minimum Gasteiger partial charge on any atom is -0.201 e. The van der Waals surface area contributed by atoms with Gasteiger partial charge < -0.3 is 0 Å². The van der Waals surface area contributed by atoms with Gasteiger partial charge >= 0.3 is 0 Å². The van der Waals surface area contributed by atoms with Gasteiger partial charge in [0.1, 0.15) is 35.2 Å². The monoisotopic (exact) mass is 1280 g/mol. The summed E-state index contributed by atoms with van der Waals surface area (Å²) in [5.41, 5.74) is 23.9. The lowest BCUT2D eigenvalue weighted by Gasteiger charge is -2.41. The third kappa shape index (κ3) is 13.7. The number of pyridine rings is 5. The van der Waals surface area contributed by atoms with Crippen LogP contribution < -0.4 is 22.8 Å². The Bertz CT molecular complexity index is 5710. The predicted molar refractivity (Wildman–Crippen MR) is 392 cm³/mol. The van der Waals surface area contributed by atoms with Gasteiger partial charge in [-0.3, -0.25) is 0 Å². The Labute approximate surface area is 605 Å². The van der Waals surface area contributed by atoms with Gasteiger partial charge in [0.2, 0.25) is 28.5 Å². The van der Waals surface area contributed by atoms with Crippen molar-refractivity contribution in [2.75, 3.05) is 0 Å². The van der Waals surface area contributed by atoms with E-state index in [0.29, 0.717) is 75.2 Å². The van der Waals surface area contributed by atoms with Crippen LogP contribution in [0.3, 0.4) is 0 Å². The van der Waals surface area contributed by atoms with Crippen molar-refractivity contribution in [2.24, 2.45) is 47.1 Å². The summed E-state index contributed by atoms with van der Waals surface area (Å²) >= 11 is 0. The van der Waals surface area contributed by atoms with E-state index in [1.165, 1.54) is 47.7 Å². The Kier molecular flexibility index (Phi) is 12.1. The van der Waals surface area contributed by atoms with Crippen LogP contribution in [-0.2, 0) is 86.3 Å². The SMILES string of the molecule is Cc1ccc(-c2cc3c(c[n+]2C)CC2CC3C2)c(C)c1.[2H]C([2H])([2H])c1ccc(-c2c3c(cc[n+]2C)C([2H])([2H])CC3([2H])[2H])c(C)c1.[2H]C([2H])([2H])c1ccc(-c2c3c(cc[n+]2C)C([2H])([2H])CCC3([2H])[2H])c(C)c1.[2H]C([2H])([2H])c1ccc(-c2cc3c(c[n+]2C)C([2H])([2H])C2CC3([2H])C2)c(C)c1.[2H]C([2H])([2H])c1ccc(-c2cc3c(c[n+]2C)CCC3([2H])[2H])c(C)c1. The second-order valence-corrected chi connectivity index (χ2v) is 27.3. The van der Waals surface area contributed by atoms with Crippen LogP contribution in [0.25, 0.3) is 56.3 Å². The van der Waals surface area contributed by atoms with Crippen LogP contribution in [0.5, 0.6) is 0 Å². The highest BCUT2D eigenvalue weighted by Gasteiger charge is 2.40. The average molecular weight is 1280 g/mol. The van der Waals surface area contributed by atoms with E-state index in [9.17, 15) is 0 Å². The van der Waals surface area contributed by atoms with Gasteiger partial charge in [-0.25, -0.2) is 22.8 Å². The number of hydrogen-bond donors (Lipinski definition) is 0. The van der Waals surface area contributed by atoms with Crippen molar-refractivity contribution in [2.45, 2.75) is 183 Å². The quantitative estimate of drug-likeness (QED) is 0.153. The molecule has 0 radical (unpaired) electrons. The lowest BCUT2D eigenvalue weighted by Crippen LogP contribution is -2.37. The van der Waals surface area contributed by atoms with E-state index >= 15 is 0 Å². The Morgan fingerprint density at radius 3 is 1.31 bits per heavy atom. The maximum absolute atomic E-state index is 8.70. The minimum absolute atomic E-state index is 0.0707. The minimum atomic E-state index is -2.20. The van der Waals surface area contributed by atoms with Crippen molar-refractivity contribution in [3.05, 3.63) is 264 Å². The summed E-state index contributed by atoms with van der Waals surface area (Å²) in [6.07, 6.45) is 6.79. The van der Waals surface area contributed by atoms with Crippen LogP contribution in [0.1, 0.15) is 209 Å². The second-order valence-electron chi connectivity index (χ2n) is 27.3. The van der Waals surface area contributed by atoms with E-state index in [1.807, 2.05) is 73.7 Å². The summed E-state index contributed by atoms with van der Waals surface area (Å²) in [7, 11) is 9.60. The molecule has 9 aliphatic carbocycles. The highest BCUT2D eigenvalue weighted by atomic mass is 14.9. The van der Waals surface area contributed by atoms with Crippen LogP contribution in [0, 0.1) is 80.8 Å². The summed E-state index contributed by atoms with van der Waals surface area (Å²) in [6, 6.07) is 36.4. The molecule has 5 aromatic carbocycles. The van der Waals surface area contributed by atoms with Crippen molar-refractivity contribution < 1.29 is 57.1 Å². The molecule has 5 nitrogen and oxygen atoms in total. The second kappa shape index (κ2) is 27.5. The zero-order valence-corrected chi connectivity index (χ0v) is 57.0. The van der Waals surface area contributed by atoms with E-state index in [4.69, 9.17) is 34.3 Å². The third-order valence-electron chi connectivity index (χ3n) is 20.2. The molecule has 0 saturated heterocycles. The normalized spacial score (nSPS) is 26.2. The van der Waals surface area contributed by atoms with Gasteiger partial charge in [0.25, 0.3) is 0 Å². The summed E-state index contributed by atoms with van der Waals surface area (Å²) in [4.78, 5) is 0. The molecule has 10 aromatic rings. The molecule has 95 heavy (non-hydrogen) atoms. The highest BCUT2D eigenvalue weighted by molar-refractivity contribution is 5.69. The van der Waals surface area contributed by atoms with Gasteiger partial charge in [-0.05, 0) is 281 Å². The molecule has 486 valence electrons. The molecule has 4 bridgehead atoms. The smallest absolute Gasteiger partial charge is 0.201 e. The molecule has 0 N–H and O–H groups in total. The fourth-order valence-corrected chi connectivity index (χ4v) is 15.1. The number of benzene rings is 5. The number of aryl methyl sites for hydroxylation is 19. The van der Waals surface area contributed by atoms with Crippen molar-refractivity contribution in [3.8, 4) is 56.3 Å². The fraction of sp³-hybridized carbons (Fsp3) is 0.389. The third-order valence-corrected chi connectivity index (χ3v) is 20.2. The average Bonchev–Trinajstić information content (AvgIpc) is 0.862. The van der Waals surface area contributed by atoms with Crippen molar-refractivity contribution >= 4 is 0 Å². The van der Waals surface area contributed by atoms with Gasteiger partial charge in [-0.15, -0.1) is 0 Å². The highest BCUT2D eigenvalue weighted by Crippen LogP contribution is 2.51. The molecular weight excluding hydrogens is 1150 g/mol. The van der Waals surface area contributed by atoms with E-state index in [-0.39, 0.29) is 36.3 Å². The number of fused-ring (bicyclic) bond motifs is 3. The van der Waals surface area contributed by atoms with E-state index in [0.717, 1.165) is 85.3 Å². The number of aromatic nitrogens is 5. The van der Waals surface area contributed by atoms with Crippen molar-refractivity contribution in [1.82, 2.24) is 0 Å². The van der Waals surface area contributed by atoms with Gasteiger partial charge in [-0.2, -0.15) is 0 Å². The van der Waals surface area contributed by atoms with Gasteiger partial charge in [0, 0.05) is 120 Å². The Morgan fingerprint density at radius 2 is 0.789 bits per heavy atom. The molecule has 5 heterocycles. The first kappa shape index (κ1) is 41.7. The molecule has 0 atom stereocenters. The van der Waals surface area contributed by atoms with E-state index in [2.05, 4.69) is 55.9 Å². The van der Waals surface area contributed by atoms with Crippen LogP contribution >= 0.6 is 0 Å². The van der Waals surface area contributed by atoms with E-state index in [1.54, 1.807) is 127 Å². The maximum Gasteiger partial charge on any atom is 0.216 e. The Hall–Kier alpha value is -8.15. The molecule has 5 heteroatoms. The van der Waals surface area contributed by atoms with Crippen LogP contribution in [0.2, 0.25) is 0 Å². The first-order chi connectivity index (χ1) is 55.3. The van der Waals surface area contributed by atoms with Gasteiger partial charge in [0.05, 0.1) is 0 Å². The summed E-state index contributed by atoms with van der Waals surface area (Å²) < 4.78 is 209. The summed E-state index contributed by atoms with van der Waals surface area (Å²) in [5.74, 6) is 1.05. The molecule has 5 aromatic heterocycles. The molecule has 2 saturated carbocycles. The number of rotatable bonds is 5. The summed E-state index contributed by atoms with van der Waals surface area (Å²) in [5, 5.41) is 0. The number of nitrogens with zero attached hydrogens (tertiary/aromatic N) is 5. The predicted octanol–water partition coefficient (Wildman–Crippen LogP) is 17.9. The van der Waals surface area contributed by atoms with Gasteiger partial charge in [0.15, 0.2) is 31.0 Å². The largest absolute Gasteiger partial charge is 0.216 e. The first-order valence-corrected chi connectivity index (χ1v) is 33.5. The zero-order valence-electron chi connectivity index (χ0n) is 82.0. The van der Waals surface area contributed by atoms with Crippen LogP contribution in [0.15, 0.2) is 152 Å². The van der Waals surface area contributed by atoms with Crippen molar-refractivity contribution in [1.29, 1.82) is 0 Å². The number of hydrogen-bond acceptors (Lipinski definition) is 0. The molecule has 0 aliphatic heterocycles. The lowest BCUT2D eigenvalue weighted by atomic mass is 9.63. The molecule has 19 rings (SSSR count). The first-order valence-electron chi connectivity index (χ1n) is 46.0. The zero-order chi connectivity index (χ0) is 88.2. The lowest BCUT2D eigenvalue weighted by molar-refractivity contribution is -0.661. The molecule has 2 fully saturated rings. The Morgan fingerprint density at radius 1 is 0.368 bits per heavy atom. The molecule has 0 amide bonds. The topological polar surface area (TPSA) is 19.4 Å². The van der Waals surface area contributed by atoms with E-state index < -0.39 is 71.5 Å². The molecule has 9 aliphatic rings. The van der Waals surface area contributed by atoms with Gasteiger partial charge in [-0.1, -0.05) is 88.5 Å². The summed E-state index contributed by atoms with van der Waals surface area (Å²) in [6.45, 7) is 3.12. The molecule has 0 spiro atoms. The molecule has 0 unspecified atom stereocenters.